The molecule has 0 aromatic heterocycles. The second-order valence-corrected chi connectivity index (χ2v) is 2.69. The lowest BCUT2D eigenvalue weighted by Gasteiger charge is -2.17. The van der Waals surface area contributed by atoms with Crippen LogP contribution in [0.3, 0.4) is 0 Å². The van der Waals surface area contributed by atoms with Crippen molar-refractivity contribution in [1.82, 2.24) is 0 Å². The van der Waals surface area contributed by atoms with E-state index in [1.807, 2.05) is 19.4 Å². The summed E-state index contributed by atoms with van der Waals surface area (Å²) in [6, 6.07) is 0. The molecule has 0 aromatic rings. The molecule has 3 heteroatoms. The first-order valence-corrected chi connectivity index (χ1v) is 3.31. The highest BCUT2D eigenvalue weighted by molar-refractivity contribution is 5.23. The third kappa shape index (κ3) is 0.785. The molecule has 10 heavy (non-hydrogen) atoms. The van der Waals surface area contributed by atoms with Gasteiger partial charge in [0.2, 0.25) is 0 Å². The highest BCUT2D eigenvalue weighted by Gasteiger charge is 2.40. The summed E-state index contributed by atoms with van der Waals surface area (Å²) in [4.78, 5) is 9.60. The summed E-state index contributed by atoms with van der Waals surface area (Å²) in [6.45, 7) is 1.96. The van der Waals surface area contributed by atoms with Gasteiger partial charge in [-0.2, -0.15) is 0 Å². The SMILES string of the molecule is CC1=C[C@@H]2OO[C@H]([CH]1)[C@@H]2O. The normalized spacial score (nSPS) is 45.4. The van der Waals surface area contributed by atoms with E-state index in [0.29, 0.717) is 0 Å². The van der Waals surface area contributed by atoms with Gasteiger partial charge in [-0.3, -0.25) is 0 Å². The lowest BCUT2D eigenvalue weighted by Crippen LogP contribution is -2.32. The Hall–Kier alpha value is -0.380. The standard InChI is InChI=1S/C7H9O3/c1-4-2-5-7(8)6(3-4)10-9-5/h2-3,5-8H,1H3/t5-,6+,7+. The van der Waals surface area contributed by atoms with Gasteiger partial charge in [-0.1, -0.05) is 11.6 Å². The lowest BCUT2D eigenvalue weighted by molar-refractivity contribution is -0.280. The summed E-state index contributed by atoms with van der Waals surface area (Å²) in [6.07, 6.45) is 2.69. The van der Waals surface area contributed by atoms with Gasteiger partial charge >= 0.3 is 0 Å². The molecule has 1 saturated heterocycles. The third-order valence-corrected chi connectivity index (χ3v) is 1.81. The van der Waals surface area contributed by atoms with Crippen LogP contribution in [0.1, 0.15) is 6.92 Å². The summed E-state index contributed by atoms with van der Waals surface area (Å²) in [5, 5.41) is 9.30. The molecule has 3 nitrogen and oxygen atoms in total. The zero-order valence-electron chi connectivity index (χ0n) is 5.65. The van der Waals surface area contributed by atoms with Crippen LogP contribution >= 0.6 is 0 Å². The third-order valence-electron chi connectivity index (χ3n) is 1.81. The zero-order valence-corrected chi connectivity index (χ0v) is 5.65. The maximum atomic E-state index is 9.30. The van der Waals surface area contributed by atoms with Crippen molar-refractivity contribution in [3.8, 4) is 0 Å². The van der Waals surface area contributed by atoms with Crippen LogP contribution in [0, 0.1) is 6.42 Å². The van der Waals surface area contributed by atoms with Gasteiger partial charge in [-0.15, -0.1) is 0 Å². The van der Waals surface area contributed by atoms with Gasteiger partial charge in [0.15, 0.2) is 0 Å². The maximum absolute atomic E-state index is 9.30. The number of rotatable bonds is 0. The van der Waals surface area contributed by atoms with Gasteiger partial charge < -0.3 is 5.11 Å². The first kappa shape index (κ1) is 6.34. The van der Waals surface area contributed by atoms with E-state index in [1.165, 1.54) is 0 Å². The fourth-order valence-electron chi connectivity index (χ4n) is 1.26. The van der Waals surface area contributed by atoms with E-state index in [1.54, 1.807) is 0 Å². The van der Waals surface area contributed by atoms with Crippen LogP contribution in [0.5, 0.6) is 0 Å². The minimum absolute atomic E-state index is 0.255. The van der Waals surface area contributed by atoms with Gasteiger partial charge in [-0.05, 0) is 6.92 Å². The van der Waals surface area contributed by atoms with Crippen LogP contribution in [0.15, 0.2) is 11.6 Å². The maximum Gasteiger partial charge on any atom is 0.140 e. The Morgan fingerprint density at radius 1 is 1.40 bits per heavy atom. The van der Waals surface area contributed by atoms with Gasteiger partial charge in [0.25, 0.3) is 0 Å². The molecule has 1 N–H and O–H groups in total. The molecule has 0 saturated carbocycles. The Labute approximate surface area is 59.2 Å². The van der Waals surface area contributed by atoms with Crippen molar-refractivity contribution >= 4 is 0 Å². The van der Waals surface area contributed by atoms with Crippen LogP contribution in [-0.4, -0.2) is 23.4 Å². The summed E-state index contributed by atoms with van der Waals surface area (Å²) in [5.74, 6) is 0. The fraction of sp³-hybridized carbons (Fsp3) is 0.571. The second kappa shape index (κ2) is 2.05. The molecule has 1 fully saturated rings. The first-order valence-electron chi connectivity index (χ1n) is 3.31. The minimum Gasteiger partial charge on any atom is -0.387 e. The number of hydrogen-bond acceptors (Lipinski definition) is 3. The molecule has 1 aliphatic carbocycles. The average molecular weight is 141 g/mol. The Balaban J connectivity index is 2.24. The summed E-state index contributed by atoms with van der Waals surface area (Å²) in [5.41, 5.74) is 1.11. The van der Waals surface area contributed by atoms with Crippen LogP contribution in [-0.2, 0) is 9.78 Å². The Bertz CT molecular complexity index is 176. The minimum atomic E-state index is -0.510. The summed E-state index contributed by atoms with van der Waals surface area (Å²) in [7, 11) is 0. The van der Waals surface area contributed by atoms with Gasteiger partial charge in [0.1, 0.15) is 18.3 Å². The largest absolute Gasteiger partial charge is 0.387 e. The van der Waals surface area contributed by atoms with Crippen molar-refractivity contribution in [2.24, 2.45) is 0 Å². The Morgan fingerprint density at radius 2 is 2.10 bits per heavy atom. The second-order valence-electron chi connectivity index (χ2n) is 2.69. The lowest BCUT2D eigenvalue weighted by atomic mass is 9.94. The van der Waals surface area contributed by atoms with E-state index in [-0.39, 0.29) is 12.2 Å². The number of fused-ring (bicyclic) bond motifs is 2. The summed E-state index contributed by atoms with van der Waals surface area (Å²) < 4.78 is 0. The molecule has 0 unspecified atom stereocenters. The van der Waals surface area contributed by atoms with E-state index in [2.05, 4.69) is 0 Å². The topological polar surface area (TPSA) is 38.7 Å². The Morgan fingerprint density at radius 3 is 2.80 bits per heavy atom. The van der Waals surface area contributed by atoms with E-state index < -0.39 is 6.10 Å². The first-order chi connectivity index (χ1) is 4.77. The van der Waals surface area contributed by atoms with Crippen LogP contribution in [0.4, 0.5) is 0 Å². The van der Waals surface area contributed by atoms with Crippen molar-refractivity contribution in [1.29, 1.82) is 0 Å². The van der Waals surface area contributed by atoms with E-state index in [9.17, 15) is 5.11 Å². The van der Waals surface area contributed by atoms with Crippen molar-refractivity contribution in [3.05, 3.63) is 18.1 Å². The van der Waals surface area contributed by atoms with Crippen LogP contribution < -0.4 is 0 Å². The quantitative estimate of drug-likeness (QED) is 0.490. The predicted octanol–water partition coefficient (Wildman–Crippen LogP) is 0.210. The van der Waals surface area contributed by atoms with Crippen molar-refractivity contribution in [2.75, 3.05) is 0 Å². The molecule has 0 amide bonds. The molecule has 0 aromatic carbocycles. The molecular formula is C7H9O3. The fourth-order valence-corrected chi connectivity index (χ4v) is 1.26. The van der Waals surface area contributed by atoms with Crippen molar-refractivity contribution < 1.29 is 14.9 Å². The smallest absolute Gasteiger partial charge is 0.140 e. The van der Waals surface area contributed by atoms with Gasteiger partial charge in [0.05, 0.1) is 0 Å². The highest BCUT2D eigenvalue weighted by atomic mass is 17.2. The molecule has 1 aliphatic heterocycles. The van der Waals surface area contributed by atoms with Gasteiger partial charge in [0, 0.05) is 6.42 Å². The predicted molar refractivity (Wildman–Crippen MR) is 33.8 cm³/mol. The molecule has 2 bridgehead atoms. The molecule has 3 atom stereocenters. The number of hydrogen-bond donors (Lipinski definition) is 1. The molecular weight excluding hydrogens is 132 g/mol. The average Bonchev–Trinajstić information content (AvgIpc) is 2.20. The Kier molecular flexibility index (Phi) is 1.30. The monoisotopic (exact) mass is 141 g/mol. The number of aliphatic hydroxyl groups excluding tert-OH is 1. The molecule has 1 radical (unpaired) electrons. The molecule has 2 rings (SSSR count). The molecule has 1 heterocycles. The summed E-state index contributed by atoms with van der Waals surface area (Å²) >= 11 is 0. The van der Waals surface area contributed by atoms with Crippen molar-refractivity contribution in [3.63, 3.8) is 0 Å². The van der Waals surface area contributed by atoms with E-state index >= 15 is 0 Å². The highest BCUT2D eigenvalue weighted by Crippen LogP contribution is 2.28. The van der Waals surface area contributed by atoms with Crippen LogP contribution in [0.2, 0.25) is 0 Å². The number of aliphatic hydroxyl groups is 1. The van der Waals surface area contributed by atoms with Crippen LogP contribution in [0.25, 0.3) is 0 Å². The van der Waals surface area contributed by atoms with E-state index in [4.69, 9.17) is 9.78 Å². The van der Waals surface area contributed by atoms with Crippen molar-refractivity contribution in [2.45, 2.75) is 25.2 Å². The van der Waals surface area contributed by atoms with Gasteiger partial charge in [-0.25, -0.2) is 9.78 Å². The molecule has 2 aliphatic rings. The molecule has 55 valence electrons. The van der Waals surface area contributed by atoms with E-state index in [0.717, 1.165) is 5.57 Å². The zero-order chi connectivity index (χ0) is 7.14. The molecule has 0 spiro atoms.